The van der Waals surface area contributed by atoms with E-state index < -0.39 is 7.25 Å². The van der Waals surface area contributed by atoms with E-state index in [1.165, 1.54) is 94.7 Å². The van der Waals surface area contributed by atoms with Gasteiger partial charge >= 0.3 is 7.25 Å². The summed E-state index contributed by atoms with van der Waals surface area (Å²) in [6, 6.07) is 0. The first-order chi connectivity index (χ1) is 10.3. The molecular formula is C16H34BF4N. The summed E-state index contributed by atoms with van der Waals surface area (Å²) in [5.41, 5.74) is 0. The number of nitrogens with zero attached hydrogens (tertiary/aromatic N) is 1. The van der Waals surface area contributed by atoms with Crippen molar-refractivity contribution in [2.24, 2.45) is 0 Å². The van der Waals surface area contributed by atoms with E-state index in [9.17, 15) is 17.3 Å². The van der Waals surface area contributed by atoms with Gasteiger partial charge in [-0.1, -0.05) is 45.4 Å². The van der Waals surface area contributed by atoms with E-state index in [4.69, 9.17) is 0 Å². The Balaban J connectivity index is 0.000000763. The monoisotopic (exact) mass is 327 g/mol. The standard InChI is InChI=1S/C16H34N.BF4/c1-3-4-5-6-7-8-9-11-14-17(2)15-12-10-13-16-17;2-1(3,4)5/h3-16H2,1-2H3;/q+1;-1. The summed E-state index contributed by atoms with van der Waals surface area (Å²) in [5.74, 6) is 0. The smallest absolute Gasteiger partial charge is 0.418 e. The number of quaternary nitrogens is 1. The van der Waals surface area contributed by atoms with Gasteiger partial charge in [-0.15, -0.1) is 0 Å². The Labute approximate surface area is 134 Å². The Morgan fingerprint density at radius 2 is 1.14 bits per heavy atom. The van der Waals surface area contributed by atoms with E-state index in [1.807, 2.05) is 0 Å². The van der Waals surface area contributed by atoms with Crippen molar-refractivity contribution in [3.63, 3.8) is 0 Å². The fourth-order valence-corrected chi connectivity index (χ4v) is 3.13. The second-order valence-corrected chi connectivity index (χ2v) is 6.82. The van der Waals surface area contributed by atoms with Crippen LogP contribution in [0, 0.1) is 0 Å². The Morgan fingerprint density at radius 1 is 0.727 bits per heavy atom. The van der Waals surface area contributed by atoms with Gasteiger partial charge in [0.05, 0.1) is 26.7 Å². The van der Waals surface area contributed by atoms with E-state index in [1.54, 1.807) is 0 Å². The van der Waals surface area contributed by atoms with Gasteiger partial charge in [0.2, 0.25) is 0 Å². The third kappa shape index (κ3) is 16.1. The molecule has 0 bridgehead atoms. The fourth-order valence-electron chi connectivity index (χ4n) is 3.13. The molecule has 0 aromatic rings. The van der Waals surface area contributed by atoms with Crippen molar-refractivity contribution in [2.45, 2.75) is 77.6 Å². The highest BCUT2D eigenvalue weighted by atomic mass is 19.5. The van der Waals surface area contributed by atoms with E-state index in [2.05, 4.69) is 14.0 Å². The Morgan fingerprint density at radius 3 is 1.59 bits per heavy atom. The molecule has 0 aromatic carbocycles. The number of hydrogen-bond donors (Lipinski definition) is 0. The van der Waals surface area contributed by atoms with Gasteiger partial charge in [-0.2, -0.15) is 0 Å². The lowest BCUT2D eigenvalue weighted by Gasteiger charge is -2.37. The molecule has 0 N–H and O–H groups in total. The van der Waals surface area contributed by atoms with Crippen molar-refractivity contribution in [2.75, 3.05) is 26.7 Å². The van der Waals surface area contributed by atoms with Gasteiger partial charge in [0.25, 0.3) is 0 Å². The highest BCUT2D eigenvalue weighted by Crippen LogP contribution is 2.18. The lowest BCUT2D eigenvalue weighted by molar-refractivity contribution is -0.914. The van der Waals surface area contributed by atoms with Crippen LogP contribution in [0.5, 0.6) is 0 Å². The predicted octanol–water partition coefficient (Wildman–Crippen LogP) is 6.06. The second-order valence-electron chi connectivity index (χ2n) is 6.82. The third-order valence-corrected chi connectivity index (χ3v) is 4.45. The van der Waals surface area contributed by atoms with Crippen molar-refractivity contribution in [3.8, 4) is 0 Å². The van der Waals surface area contributed by atoms with E-state index >= 15 is 0 Å². The molecule has 0 aliphatic carbocycles. The molecule has 0 spiro atoms. The topological polar surface area (TPSA) is 0 Å². The van der Waals surface area contributed by atoms with Crippen molar-refractivity contribution in [1.82, 2.24) is 0 Å². The summed E-state index contributed by atoms with van der Waals surface area (Å²) >= 11 is 0. The summed E-state index contributed by atoms with van der Waals surface area (Å²) in [7, 11) is -3.53. The minimum atomic E-state index is -6.00. The third-order valence-electron chi connectivity index (χ3n) is 4.45. The largest absolute Gasteiger partial charge is 0.673 e. The molecule has 1 saturated heterocycles. The number of likely N-dealkylation sites (tertiary alicyclic amines) is 1. The number of unbranched alkanes of at least 4 members (excludes halogenated alkanes) is 7. The molecule has 0 aromatic heterocycles. The molecular weight excluding hydrogens is 293 g/mol. The van der Waals surface area contributed by atoms with E-state index in [0.29, 0.717) is 0 Å². The molecule has 1 fully saturated rings. The van der Waals surface area contributed by atoms with Crippen LogP contribution in [0.15, 0.2) is 0 Å². The van der Waals surface area contributed by atoms with Gasteiger partial charge in [-0.3, -0.25) is 0 Å². The zero-order valence-electron chi connectivity index (χ0n) is 14.4. The summed E-state index contributed by atoms with van der Waals surface area (Å²) < 4.78 is 40.4. The highest BCUT2D eigenvalue weighted by molar-refractivity contribution is 6.50. The Bertz CT molecular complexity index is 247. The van der Waals surface area contributed by atoms with Crippen LogP contribution < -0.4 is 0 Å². The van der Waals surface area contributed by atoms with Crippen LogP contribution in [0.1, 0.15) is 77.6 Å². The molecule has 0 radical (unpaired) electrons. The molecule has 1 heterocycles. The Kier molecular flexibility index (Phi) is 12.1. The normalized spacial score (nSPS) is 17.7. The summed E-state index contributed by atoms with van der Waals surface area (Å²) in [6.07, 6.45) is 16.0. The minimum Gasteiger partial charge on any atom is -0.418 e. The maximum atomic E-state index is 9.75. The molecule has 22 heavy (non-hydrogen) atoms. The Hall–Kier alpha value is -0.255. The maximum Gasteiger partial charge on any atom is 0.673 e. The second kappa shape index (κ2) is 12.2. The first kappa shape index (κ1) is 21.7. The summed E-state index contributed by atoms with van der Waals surface area (Å²) in [5, 5.41) is 0. The molecule has 1 nitrogen and oxygen atoms in total. The van der Waals surface area contributed by atoms with Crippen LogP contribution >= 0.6 is 0 Å². The highest BCUT2D eigenvalue weighted by Gasteiger charge is 2.23. The fraction of sp³-hybridized carbons (Fsp3) is 1.00. The van der Waals surface area contributed by atoms with Crippen molar-refractivity contribution >= 4 is 7.25 Å². The van der Waals surface area contributed by atoms with Gasteiger partial charge in [0, 0.05) is 0 Å². The lowest BCUT2D eigenvalue weighted by atomic mass is 10.1. The number of rotatable bonds is 9. The average molecular weight is 327 g/mol. The first-order valence-corrected chi connectivity index (χ1v) is 8.98. The van der Waals surface area contributed by atoms with Crippen LogP contribution in [0.2, 0.25) is 0 Å². The van der Waals surface area contributed by atoms with Crippen molar-refractivity contribution in [1.29, 1.82) is 0 Å². The average Bonchev–Trinajstić information content (AvgIpc) is 2.41. The molecule has 134 valence electrons. The maximum absolute atomic E-state index is 9.75. The van der Waals surface area contributed by atoms with Crippen LogP contribution in [0.3, 0.4) is 0 Å². The number of hydrogen-bond acceptors (Lipinski definition) is 0. The van der Waals surface area contributed by atoms with Gasteiger partial charge in [0.1, 0.15) is 0 Å². The van der Waals surface area contributed by atoms with Crippen LogP contribution in [0.25, 0.3) is 0 Å². The van der Waals surface area contributed by atoms with Gasteiger partial charge in [0.15, 0.2) is 0 Å². The van der Waals surface area contributed by atoms with Crippen molar-refractivity contribution in [3.05, 3.63) is 0 Å². The molecule has 0 saturated carbocycles. The molecule has 0 unspecified atom stereocenters. The molecule has 0 atom stereocenters. The quantitative estimate of drug-likeness (QED) is 0.209. The van der Waals surface area contributed by atoms with Crippen LogP contribution in [-0.4, -0.2) is 38.4 Å². The number of piperidine rings is 1. The van der Waals surface area contributed by atoms with Crippen molar-refractivity contribution < 1.29 is 21.7 Å². The first-order valence-electron chi connectivity index (χ1n) is 8.98. The van der Waals surface area contributed by atoms with Crippen LogP contribution in [-0.2, 0) is 0 Å². The molecule has 6 heteroatoms. The summed E-state index contributed by atoms with van der Waals surface area (Å²) in [6.45, 7) is 6.62. The van der Waals surface area contributed by atoms with E-state index in [0.717, 1.165) is 0 Å². The molecule has 1 aliphatic rings. The molecule has 1 aliphatic heterocycles. The zero-order valence-corrected chi connectivity index (χ0v) is 14.4. The predicted molar refractivity (Wildman–Crippen MR) is 87.4 cm³/mol. The van der Waals surface area contributed by atoms with Gasteiger partial charge < -0.3 is 21.7 Å². The minimum absolute atomic E-state index is 1.37. The van der Waals surface area contributed by atoms with Crippen LogP contribution in [0.4, 0.5) is 17.3 Å². The number of halogens is 4. The summed E-state index contributed by atoms with van der Waals surface area (Å²) in [4.78, 5) is 0. The SMILES string of the molecule is CCCCCCCCCC[N+]1(C)CCCCC1.F[B-](F)(F)F. The molecule has 0 amide bonds. The van der Waals surface area contributed by atoms with Gasteiger partial charge in [-0.05, 0) is 32.1 Å². The lowest BCUT2D eigenvalue weighted by Crippen LogP contribution is -2.48. The zero-order chi connectivity index (χ0) is 16.9. The van der Waals surface area contributed by atoms with E-state index in [-0.39, 0.29) is 0 Å². The molecule has 1 rings (SSSR count). The van der Waals surface area contributed by atoms with Gasteiger partial charge in [-0.25, -0.2) is 0 Å².